The summed E-state index contributed by atoms with van der Waals surface area (Å²) < 4.78 is 49.2. The first kappa shape index (κ1) is 35.3. The number of hydrogen-bond donors (Lipinski definition) is 9. The second-order valence-electron chi connectivity index (χ2n) is 8.42. The van der Waals surface area contributed by atoms with Crippen LogP contribution in [0.2, 0.25) is 0 Å². The van der Waals surface area contributed by atoms with Gasteiger partial charge in [0.25, 0.3) is 5.56 Å². The van der Waals surface area contributed by atoms with Crippen LogP contribution in [-0.2, 0) is 36.8 Å². The summed E-state index contributed by atoms with van der Waals surface area (Å²) in [6.07, 6.45) is -13.0. The standard InChI is InChI=1S/C17H27N3O17P2.Na/c1-6(22)18-10-13(26)11(24)7(4-21)35-16(10)36-39(31,32)37-38(29,30)33-5-8-12(25)14(27)15(34-8)20-3-2-9(23)19-17(20)28;/h2-3,7-8,10-16,21,24-27H,4-5H2,1H3,(H,18,22)(H,29,30)(H,31,32)(H,19,23,28);/t7-,8-,10-,11-,12-,13-,14-,15-,16-;/m1./s1. The van der Waals surface area contributed by atoms with Crippen molar-refractivity contribution in [2.75, 3.05) is 13.2 Å². The number of H-pyrrole nitrogens is 1. The molecular weight excluding hydrogens is 603 g/mol. The van der Waals surface area contributed by atoms with Gasteiger partial charge in [-0.3, -0.25) is 28.2 Å². The molecule has 11 atom stereocenters. The van der Waals surface area contributed by atoms with Crippen LogP contribution in [0.3, 0.4) is 0 Å². The van der Waals surface area contributed by atoms with Crippen LogP contribution in [0, 0.1) is 0 Å². The van der Waals surface area contributed by atoms with E-state index in [1.165, 1.54) is 0 Å². The third-order valence-electron chi connectivity index (χ3n) is 5.56. The Morgan fingerprint density at radius 1 is 1.05 bits per heavy atom. The summed E-state index contributed by atoms with van der Waals surface area (Å²) in [6.45, 7) is -0.940. The van der Waals surface area contributed by atoms with Gasteiger partial charge in [0.15, 0.2) is 12.5 Å². The van der Waals surface area contributed by atoms with Crippen molar-refractivity contribution >= 4 is 51.1 Å². The minimum absolute atomic E-state index is 0. The second kappa shape index (κ2) is 14.1. The normalized spacial score (nSPS) is 35.2. The fraction of sp³-hybridized carbons (Fsp3) is 0.706. The number of aliphatic hydroxyl groups is 5. The number of ether oxygens (including phenoxy) is 2. The summed E-state index contributed by atoms with van der Waals surface area (Å²) in [4.78, 5) is 56.4. The van der Waals surface area contributed by atoms with Crippen molar-refractivity contribution in [1.82, 2.24) is 14.9 Å². The number of aromatic nitrogens is 2. The summed E-state index contributed by atoms with van der Waals surface area (Å²) >= 11 is 0. The van der Waals surface area contributed by atoms with Gasteiger partial charge in [-0.25, -0.2) is 13.9 Å². The van der Waals surface area contributed by atoms with Crippen molar-refractivity contribution in [3.8, 4) is 0 Å². The SMILES string of the molecule is CC(=O)N[C@H]1[C@@H](OP(=O)(O)OP(=O)(O)OC[C@H]2O[C@@H](n3ccc(=O)[nH]c3=O)[C@H](O)[C@@H]2O)O[C@H](CO)[C@@H](O)[C@@H]1O.[Na]. The average molecular weight is 630 g/mol. The van der Waals surface area contributed by atoms with Gasteiger partial charge < -0.3 is 50.1 Å². The molecule has 0 saturated carbocycles. The van der Waals surface area contributed by atoms with Crippen LogP contribution in [-0.4, -0.2) is 143 Å². The van der Waals surface area contributed by atoms with Crippen molar-refractivity contribution in [2.45, 2.75) is 62.1 Å². The van der Waals surface area contributed by atoms with Gasteiger partial charge in [0.05, 0.1) is 13.2 Å². The Hall–Kier alpha value is -0.870. The van der Waals surface area contributed by atoms with Crippen LogP contribution in [0.4, 0.5) is 0 Å². The Kier molecular flexibility index (Phi) is 12.4. The van der Waals surface area contributed by atoms with E-state index >= 15 is 0 Å². The molecule has 2 aliphatic heterocycles. The summed E-state index contributed by atoms with van der Waals surface area (Å²) in [7, 11) is -11.1. The number of aromatic amines is 1. The van der Waals surface area contributed by atoms with E-state index in [2.05, 4.69) is 18.7 Å². The molecule has 1 aromatic rings. The van der Waals surface area contributed by atoms with Gasteiger partial charge in [-0.15, -0.1) is 0 Å². The predicted molar refractivity (Wildman–Crippen MR) is 126 cm³/mol. The Morgan fingerprint density at radius 2 is 1.68 bits per heavy atom. The molecular formula is C17H27N3NaO17P2. The zero-order valence-electron chi connectivity index (χ0n) is 20.8. The van der Waals surface area contributed by atoms with Crippen LogP contribution >= 0.6 is 15.6 Å². The molecule has 3 rings (SSSR count). The Bertz CT molecular complexity index is 1250. The summed E-state index contributed by atoms with van der Waals surface area (Å²) in [5.41, 5.74) is -1.75. The molecule has 0 spiro atoms. The largest absolute Gasteiger partial charge is 0.483 e. The maximum atomic E-state index is 12.4. The van der Waals surface area contributed by atoms with E-state index in [-0.39, 0.29) is 29.6 Å². The fourth-order valence-corrected chi connectivity index (χ4v) is 5.92. The molecule has 9 N–H and O–H groups in total. The molecule has 1 radical (unpaired) electrons. The number of phosphoric acid groups is 2. The first-order valence-corrected chi connectivity index (χ1v) is 14.0. The van der Waals surface area contributed by atoms with Crippen LogP contribution in [0.5, 0.6) is 0 Å². The fourth-order valence-electron chi connectivity index (χ4n) is 3.76. The Morgan fingerprint density at radius 3 is 2.25 bits per heavy atom. The number of amides is 1. The van der Waals surface area contributed by atoms with Gasteiger partial charge in [-0.05, 0) is 0 Å². The monoisotopic (exact) mass is 630 g/mol. The zero-order valence-corrected chi connectivity index (χ0v) is 24.6. The molecule has 2 fully saturated rings. The van der Waals surface area contributed by atoms with Gasteiger partial charge in [-0.1, -0.05) is 0 Å². The minimum atomic E-state index is -5.63. The van der Waals surface area contributed by atoms with Crippen LogP contribution < -0.4 is 16.6 Å². The number of hydrogen-bond acceptors (Lipinski definition) is 15. The molecule has 20 nitrogen and oxygen atoms in total. The molecule has 2 unspecified atom stereocenters. The Balaban J connectivity index is 0.00000560. The maximum Gasteiger partial charge on any atom is 0.483 e. The summed E-state index contributed by atoms with van der Waals surface area (Å²) in [6, 6.07) is -0.766. The molecule has 40 heavy (non-hydrogen) atoms. The average Bonchev–Trinajstić information content (AvgIpc) is 3.10. The Labute approximate surface area is 245 Å². The van der Waals surface area contributed by atoms with E-state index in [0.717, 1.165) is 23.8 Å². The van der Waals surface area contributed by atoms with Gasteiger partial charge >= 0.3 is 21.3 Å². The van der Waals surface area contributed by atoms with Gasteiger partial charge in [0.1, 0.15) is 42.7 Å². The number of nitrogens with one attached hydrogen (secondary N) is 2. The van der Waals surface area contributed by atoms with Crippen molar-refractivity contribution in [1.29, 1.82) is 0 Å². The molecule has 223 valence electrons. The van der Waals surface area contributed by atoms with E-state index in [9.17, 15) is 58.8 Å². The number of nitrogens with zero attached hydrogens (tertiary/aromatic N) is 1. The first-order valence-electron chi connectivity index (χ1n) is 11.0. The third kappa shape index (κ3) is 8.59. The molecule has 3 heterocycles. The van der Waals surface area contributed by atoms with E-state index in [1.807, 2.05) is 4.98 Å². The van der Waals surface area contributed by atoms with Crippen LogP contribution in [0.1, 0.15) is 13.2 Å². The third-order valence-corrected chi connectivity index (χ3v) is 8.16. The molecule has 23 heteroatoms. The summed E-state index contributed by atoms with van der Waals surface area (Å²) in [5.74, 6) is -0.796. The number of rotatable bonds is 10. The topological polar surface area (TPSA) is 306 Å². The molecule has 0 bridgehead atoms. The van der Waals surface area contributed by atoms with E-state index in [0.29, 0.717) is 0 Å². The number of carbonyl (C=O) groups is 1. The molecule has 2 aliphatic rings. The first-order chi connectivity index (χ1) is 18.0. The van der Waals surface area contributed by atoms with Crippen molar-refractivity contribution in [2.24, 2.45) is 0 Å². The molecule has 0 aliphatic carbocycles. The van der Waals surface area contributed by atoms with E-state index < -0.39 is 101 Å². The van der Waals surface area contributed by atoms with Gasteiger partial charge in [0, 0.05) is 48.7 Å². The van der Waals surface area contributed by atoms with Crippen LogP contribution in [0.25, 0.3) is 0 Å². The second-order valence-corrected chi connectivity index (χ2v) is 11.4. The molecule has 2 saturated heterocycles. The zero-order chi connectivity index (χ0) is 29.3. The summed E-state index contributed by atoms with van der Waals surface area (Å²) in [5, 5.41) is 51.9. The molecule has 1 amide bonds. The van der Waals surface area contributed by atoms with Crippen molar-refractivity contribution < 1.29 is 72.1 Å². The van der Waals surface area contributed by atoms with E-state index in [4.69, 9.17) is 9.47 Å². The van der Waals surface area contributed by atoms with Crippen molar-refractivity contribution in [3.63, 3.8) is 0 Å². The maximum absolute atomic E-state index is 12.4. The van der Waals surface area contributed by atoms with E-state index in [1.54, 1.807) is 0 Å². The molecule has 0 aromatic carbocycles. The number of carbonyl (C=O) groups excluding carboxylic acids is 1. The minimum Gasteiger partial charge on any atom is -0.394 e. The van der Waals surface area contributed by atoms with Crippen molar-refractivity contribution in [3.05, 3.63) is 33.1 Å². The molecule has 1 aromatic heterocycles. The van der Waals surface area contributed by atoms with Gasteiger partial charge in [-0.2, -0.15) is 4.31 Å². The van der Waals surface area contributed by atoms with Crippen LogP contribution in [0.15, 0.2) is 21.9 Å². The van der Waals surface area contributed by atoms with Gasteiger partial charge in [0.2, 0.25) is 5.91 Å². The quantitative estimate of drug-likeness (QED) is 0.0863. The predicted octanol–water partition coefficient (Wildman–Crippen LogP) is -5.03. The number of aliphatic hydroxyl groups excluding tert-OH is 5. The smallest absolute Gasteiger partial charge is 0.394 e. The number of phosphoric ester groups is 2.